The lowest BCUT2D eigenvalue weighted by atomic mass is 10.1. The van der Waals surface area contributed by atoms with E-state index >= 15 is 0 Å². The number of pyridine rings is 1. The Bertz CT molecular complexity index is 541. The number of ether oxygens (including phenoxy) is 1. The zero-order valence-corrected chi connectivity index (χ0v) is 9.50. The van der Waals surface area contributed by atoms with Crippen LogP contribution in [0.15, 0.2) is 24.4 Å². The van der Waals surface area contributed by atoms with E-state index in [0.717, 1.165) is 43.5 Å². The SMILES string of the molecule is O=Cc1cccc2cnc(C3CCCCO3)n12. The van der Waals surface area contributed by atoms with Crippen LogP contribution in [-0.4, -0.2) is 22.3 Å². The summed E-state index contributed by atoms with van der Waals surface area (Å²) >= 11 is 0. The van der Waals surface area contributed by atoms with Gasteiger partial charge in [-0.1, -0.05) is 6.07 Å². The Labute approximate surface area is 99.2 Å². The van der Waals surface area contributed by atoms with Crippen molar-refractivity contribution in [2.45, 2.75) is 25.4 Å². The minimum atomic E-state index is 0.0207. The van der Waals surface area contributed by atoms with Crippen LogP contribution in [0.3, 0.4) is 0 Å². The molecular formula is C13H14N2O2. The Morgan fingerprint density at radius 2 is 2.35 bits per heavy atom. The molecule has 1 atom stereocenters. The first-order chi connectivity index (χ1) is 8.40. The van der Waals surface area contributed by atoms with Crippen LogP contribution < -0.4 is 0 Å². The molecule has 1 unspecified atom stereocenters. The highest BCUT2D eigenvalue weighted by atomic mass is 16.5. The van der Waals surface area contributed by atoms with Gasteiger partial charge in [0, 0.05) is 6.61 Å². The average molecular weight is 230 g/mol. The topological polar surface area (TPSA) is 43.6 Å². The van der Waals surface area contributed by atoms with E-state index in [9.17, 15) is 4.79 Å². The number of aromatic nitrogens is 2. The third kappa shape index (κ3) is 1.74. The maximum atomic E-state index is 11.1. The molecule has 1 aliphatic rings. The molecule has 0 N–H and O–H groups in total. The third-order valence-corrected chi connectivity index (χ3v) is 3.20. The van der Waals surface area contributed by atoms with E-state index in [2.05, 4.69) is 4.98 Å². The molecule has 2 aromatic heterocycles. The molecule has 0 aromatic carbocycles. The van der Waals surface area contributed by atoms with E-state index in [1.165, 1.54) is 0 Å². The van der Waals surface area contributed by atoms with Crippen LogP contribution in [0, 0.1) is 0 Å². The number of nitrogens with zero attached hydrogens (tertiary/aromatic N) is 2. The lowest BCUT2D eigenvalue weighted by molar-refractivity contribution is 0.00909. The smallest absolute Gasteiger partial charge is 0.166 e. The number of hydrogen-bond donors (Lipinski definition) is 0. The summed E-state index contributed by atoms with van der Waals surface area (Å²) in [5.74, 6) is 0.849. The molecule has 1 saturated heterocycles. The molecule has 0 bridgehead atoms. The van der Waals surface area contributed by atoms with Crippen molar-refractivity contribution < 1.29 is 9.53 Å². The monoisotopic (exact) mass is 230 g/mol. The van der Waals surface area contributed by atoms with E-state index in [4.69, 9.17) is 4.74 Å². The Morgan fingerprint density at radius 3 is 3.12 bits per heavy atom. The van der Waals surface area contributed by atoms with Gasteiger partial charge in [0.05, 0.1) is 17.4 Å². The third-order valence-electron chi connectivity index (χ3n) is 3.20. The van der Waals surface area contributed by atoms with E-state index in [1.54, 1.807) is 12.3 Å². The molecule has 17 heavy (non-hydrogen) atoms. The van der Waals surface area contributed by atoms with Crippen LogP contribution in [0.5, 0.6) is 0 Å². The maximum absolute atomic E-state index is 11.1. The summed E-state index contributed by atoms with van der Waals surface area (Å²) in [6, 6.07) is 5.62. The van der Waals surface area contributed by atoms with Crippen LogP contribution in [0.2, 0.25) is 0 Å². The van der Waals surface area contributed by atoms with Crippen molar-refractivity contribution in [3.05, 3.63) is 35.9 Å². The summed E-state index contributed by atoms with van der Waals surface area (Å²) in [6.07, 6.45) is 5.92. The number of aldehydes is 1. The fourth-order valence-electron chi connectivity index (χ4n) is 2.36. The Kier molecular flexibility index (Phi) is 2.65. The van der Waals surface area contributed by atoms with Crippen molar-refractivity contribution in [1.29, 1.82) is 0 Å². The molecule has 3 rings (SSSR count). The van der Waals surface area contributed by atoms with Gasteiger partial charge >= 0.3 is 0 Å². The molecule has 1 fully saturated rings. The van der Waals surface area contributed by atoms with Gasteiger partial charge in [0.1, 0.15) is 11.9 Å². The van der Waals surface area contributed by atoms with Crippen molar-refractivity contribution in [3.8, 4) is 0 Å². The van der Waals surface area contributed by atoms with Crippen LogP contribution in [-0.2, 0) is 4.74 Å². The molecule has 2 aromatic rings. The van der Waals surface area contributed by atoms with Gasteiger partial charge in [0.15, 0.2) is 6.29 Å². The first-order valence-electron chi connectivity index (χ1n) is 5.93. The summed E-state index contributed by atoms with van der Waals surface area (Å²) < 4.78 is 7.62. The van der Waals surface area contributed by atoms with Gasteiger partial charge in [0.2, 0.25) is 0 Å². The quantitative estimate of drug-likeness (QED) is 0.744. The van der Waals surface area contributed by atoms with E-state index < -0.39 is 0 Å². The number of rotatable bonds is 2. The van der Waals surface area contributed by atoms with Gasteiger partial charge < -0.3 is 4.74 Å². The molecule has 0 spiro atoms. The summed E-state index contributed by atoms with van der Waals surface area (Å²) in [5, 5.41) is 0. The minimum Gasteiger partial charge on any atom is -0.370 e. The summed E-state index contributed by atoms with van der Waals surface area (Å²) in [6.45, 7) is 0.781. The zero-order chi connectivity index (χ0) is 11.7. The van der Waals surface area contributed by atoms with Crippen LogP contribution in [0.1, 0.15) is 41.7 Å². The van der Waals surface area contributed by atoms with Gasteiger partial charge in [0.25, 0.3) is 0 Å². The Morgan fingerprint density at radius 1 is 1.41 bits per heavy atom. The molecule has 0 amide bonds. The number of hydrogen-bond acceptors (Lipinski definition) is 3. The Balaban J connectivity index is 2.12. The predicted molar refractivity (Wildman–Crippen MR) is 63.1 cm³/mol. The second-order valence-electron chi connectivity index (χ2n) is 4.30. The maximum Gasteiger partial charge on any atom is 0.166 e. The van der Waals surface area contributed by atoms with Gasteiger partial charge in [-0.2, -0.15) is 0 Å². The fraction of sp³-hybridized carbons (Fsp3) is 0.385. The first kappa shape index (κ1) is 10.5. The lowest BCUT2D eigenvalue weighted by Crippen LogP contribution is -2.15. The molecule has 0 radical (unpaired) electrons. The lowest BCUT2D eigenvalue weighted by Gasteiger charge is -2.21. The highest BCUT2D eigenvalue weighted by molar-refractivity contribution is 5.74. The van der Waals surface area contributed by atoms with Gasteiger partial charge in [-0.05, 0) is 31.4 Å². The standard InChI is InChI=1S/C13H14N2O2/c16-9-11-5-3-4-10-8-14-13(15(10)11)12-6-1-2-7-17-12/h3-5,8-9,12H,1-2,6-7H2. The van der Waals surface area contributed by atoms with Gasteiger partial charge in [-0.25, -0.2) is 4.98 Å². The summed E-state index contributed by atoms with van der Waals surface area (Å²) in [5.41, 5.74) is 1.57. The number of carbonyl (C=O) groups excluding carboxylic acids is 1. The summed E-state index contributed by atoms with van der Waals surface area (Å²) in [7, 11) is 0. The van der Waals surface area contributed by atoms with Crippen molar-refractivity contribution in [3.63, 3.8) is 0 Å². The molecule has 0 aliphatic carbocycles. The largest absolute Gasteiger partial charge is 0.370 e. The van der Waals surface area contributed by atoms with E-state index in [-0.39, 0.29) is 6.10 Å². The molecule has 4 heteroatoms. The number of carbonyl (C=O) groups is 1. The second kappa shape index (κ2) is 4.30. The van der Waals surface area contributed by atoms with Crippen molar-refractivity contribution >= 4 is 11.8 Å². The number of imidazole rings is 1. The molecule has 4 nitrogen and oxygen atoms in total. The highest BCUT2D eigenvalue weighted by Crippen LogP contribution is 2.27. The van der Waals surface area contributed by atoms with Crippen molar-refractivity contribution in [1.82, 2.24) is 9.38 Å². The van der Waals surface area contributed by atoms with Gasteiger partial charge in [-0.3, -0.25) is 9.20 Å². The summed E-state index contributed by atoms with van der Waals surface area (Å²) in [4.78, 5) is 15.5. The van der Waals surface area contributed by atoms with E-state index in [0.29, 0.717) is 5.69 Å². The molecular weight excluding hydrogens is 216 g/mol. The number of fused-ring (bicyclic) bond motifs is 1. The molecule has 0 saturated carbocycles. The fourth-order valence-corrected chi connectivity index (χ4v) is 2.36. The van der Waals surface area contributed by atoms with Crippen molar-refractivity contribution in [2.75, 3.05) is 6.61 Å². The molecule has 1 aliphatic heterocycles. The van der Waals surface area contributed by atoms with Crippen LogP contribution in [0.4, 0.5) is 0 Å². The molecule has 88 valence electrons. The van der Waals surface area contributed by atoms with Crippen molar-refractivity contribution in [2.24, 2.45) is 0 Å². The average Bonchev–Trinajstić information content (AvgIpc) is 2.83. The van der Waals surface area contributed by atoms with Crippen LogP contribution in [0.25, 0.3) is 5.52 Å². The second-order valence-corrected chi connectivity index (χ2v) is 4.30. The van der Waals surface area contributed by atoms with Crippen LogP contribution >= 0.6 is 0 Å². The zero-order valence-electron chi connectivity index (χ0n) is 9.50. The van der Waals surface area contributed by atoms with E-state index in [1.807, 2.05) is 16.5 Å². The Hall–Kier alpha value is -1.68. The minimum absolute atomic E-state index is 0.0207. The molecule has 3 heterocycles. The van der Waals surface area contributed by atoms with Gasteiger partial charge in [-0.15, -0.1) is 0 Å². The normalized spacial score (nSPS) is 20.6. The predicted octanol–water partition coefficient (Wildman–Crippen LogP) is 2.39. The first-order valence-corrected chi connectivity index (χ1v) is 5.93. The highest BCUT2D eigenvalue weighted by Gasteiger charge is 2.21.